The zero-order valence-electron chi connectivity index (χ0n) is 11.6. The zero-order valence-corrected chi connectivity index (χ0v) is 11.6. The molecule has 4 heteroatoms. The second kappa shape index (κ2) is 7.71. The van der Waals surface area contributed by atoms with E-state index in [1.807, 2.05) is 30.3 Å². The number of rotatable bonds is 7. The summed E-state index contributed by atoms with van der Waals surface area (Å²) < 4.78 is 15.9. The molecule has 0 bridgehead atoms. The van der Waals surface area contributed by atoms with E-state index in [2.05, 4.69) is 6.58 Å². The Labute approximate surface area is 114 Å². The van der Waals surface area contributed by atoms with Gasteiger partial charge in [0.1, 0.15) is 0 Å². The van der Waals surface area contributed by atoms with Gasteiger partial charge >= 0.3 is 5.97 Å². The number of esters is 1. The maximum absolute atomic E-state index is 11.3. The quantitative estimate of drug-likeness (QED) is 0.431. The number of hydrogen-bond acceptors (Lipinski definition) is 4. The summed E-state index contributed by atoms with van der Waals surface area (Å²) in [6, 6.07) is 9.78. The Morgan fingerprint density at radius 1 is 1.21 bits per heavy atom. The molecule has 4 nitrogen and oxygen atoms in total. The van der Waals surface area contributed by atoms with E-state index in [0.717, 1.165) is 5.56 Å². The van der Waals surface area contributed by atoms with Crippen molar-refractivity contribution in [3.05, 3.63) is 48.0 Å². The highest BCUT2D eigenvalue weighted by atomic mass is 16.8. The summed E-state index contributed by atoms with van der Waals surface area (Å²) in [5.74, 6) is -0.470. The highest BCUT2D eigenvalue weighted by Gasteiger charge is 2.13. The monoisotopic (exact) mass is 264 g/mol. The van der Waals surface area contributed by atoms with Crippen molar-refractivity contribution in [1.29, 1.82) is 0 Å². The SMILES string of the molecule is C=C(C)C(=O)OC(C)OC(C)OCc1ccccc1. The standard InChI is InChI=1S/C15H20O4/c1-11(2)15(16)19-13(4)18-12(3)17-10-14-8-6-5-7-9-14/h5-9,12-13H,1,10H2,2-4H3. The van der Waals surface area contributed by atoms with Crippen LogP contribution in [0.1, 0.15) is 26.3 Å². The average molecular weight is 264 g/mol. The van der Waals surface area contributed by atoms with Gasteiger partial charge in [0.05, 0.1) is 6.61 Å². The first-order valence-electron chi connectivity index (χ1n) is 6.16. The topological polar surface area (TPSA) is 44.8 Å². The van der Waals surface area contributed by atoms with Crippen LogP contribution in [0.4, 0.5) is 0 Å². The van der Waals surface area contributed by atoms with E-state index in [-0.39, 0.29) is 0 Å². The largest absolute Gasteiger partial charge is 0.433 e. The fraction of sp³-hybridized carbons (Fsp3) is 0.400. The lowest BCUT2D eigenvalue weighted by molar-refractivity contribution is -0.230. The first-order valence-corrected chi connectivity index (χ1v) is 6.16. The van der Waals surface area contributed by atoms with E-state index < -0.39 is 18.5 Å². The molecular formula is C15H20O4. The third-order valence-electron chi connectivity index (χ3n) is 2.33. The first kappa shape index (κ1) is 15.4. The van der Waals surface area contributed by atoms with Gasteiger partial charge in [0.2, 0.25) is 6.29 Å². The van der Waals surface area contributed by atoms with Crippen molar-refractivity contribution in [3.8, 4) is 0 Å². The van der Waals surface area contributed by atoms with Gasteiger partial charge in [-0.15, -0.1) is 0 Å². The van der Waals surface area contributed by atoms with Gasteiger partial charge in [0.15, 0.2) is 6.29 Å². The highest BCUT2D eigenvalue weighted by molar-refractivity contribution is 5.86. The van der Waals surface area contributed by atoms with Crippen LogP contribution < -0.4 is 0 Å². The summed E-state index contributed by atoms with van der Waals surface area (Å²) in [4.78, 5) is 11.3. The lowest BCUT2D eigenvalue weighted by Gasteiger charge is -2.19. The molecule has 19 heavy (non-hydrogen) atoms. The third kappa shape index (κ3) is 6.18. The summed E-state index contributed by atoms with van der Waals surface area (Å²) >= 11 is 0. The van der Waals surface area contributed by atoms with Crippen LogP contribution in [0, 0.1) is 0 Å². The second-order valence-electron chi connectivity index (χ2n) is 4.25. The normalized spacial score (nSPS) is 13.6. The van der Waals surface area contributed by atoms with Crippen LogP contribution >= 0.6 is 0 Å². The average Bonchev–Trinajstić information content (AvgIpc) is 2.37. The number of ether oxygens (including phenoxy) is 3. The molecule has 1 rings (SSSR count). The first-order chi connectivity index (χ1) is 8.99. The smallest absolute Gasteiger partial charge is 0.335 e. The molecule has 0 saturated carbocycles. The van der Waals surface area contributed by atoms with Crippen molar-refractivity contribution in [1.82, 2.24) is 0 Å². The van der Waals surface area contributed by atoms with Gasteiger partial charge in [-0.2, -0.15) is 0 Å². The minimum Gasteiger partial charge on any atom is -0.433 e. The summed E-state index contributed by atoms with van der Waals surface area (Å²) in [6.45, 7) is 8.94. The number of benzene rings is 1. The Balaban J connectivity index is 2.29. The minimum atomic E-state index is -0.671. The van der Waals surface area contributed by atoms with Crippen LogP contribution in [-0.2, 0) is 25.6 Å². The molecule has 1 aromatic rings. The molecule has 0 heterocycles. The Morgan fingerprint density at radius 3 is 2.42 bits per heavy atom. The van der Waals surface area contributed by atoms with Gasteiger partial charge in [0, 0.05) is 5.57 Å². The van der Waals surface area contributed by atoms with Gasteiger partial charge in [-0.1, -0.05) is 36.9 Å². The number of carbonyl (C=O) groups excluding carboxylic acids is 1. The number of hydrogen-bond donors (Lipinski definition) is 0. The lowest BCUT2D eigenvalue weighted by Crippen LogP contribution is -2.24. The van der Waals surface area contributed by atoms with Crippen molar-refractivity contribution in [2.75, 3.05) is 0 Å². The zero-order chi connectivity index (χ0) is 14.3. The lowest BCUT2D eigenvalue weighted by atomic mass is 10.2. The maximum atomic E-state index is 11.3. The van der Waals surface area contributed by atoms with Crippen molar-refractivity contribution in [2.24, 2.45) is 0 Å². The van der Waals surface area contributed by atoms with Gasteiger partial charge < -0.3 is 14.2 Å². The maximum Gasteiger partial charge on any atom is 0.335 e. The third-order valence-corrected chi connectivity index (χ3v) is 2.33. The molecule has 0 aliphatic carbocycles. The van der Waals surface area contributed by atoms with Crippen LogP contribution in [0.15, 0.2) is 42.5 Å². The fourth-order valence-corrected chi connectivity index (χ4v) is 1.38. The van der Waals surface area contributed by atoms with E-state index in [1.54, 1.807) is 20.8 Å². The van der Waals surface area contributed by atoms with E-state index in [9.17, 15) is 4.79 Å². The molecule has 0 aliphatic heterocycles. The molecule has 0 radical (unpaired) electrons. The van der Waals surface area contributed by atoms with E-state index in [0.29, 0.717) is 12.2 Å². The second-order valence-corrected chi connectivity index (χ2v) is 4.25. The summed E-state index contributed by atoms with van der Waals surface area (Å²) in [6.07, 6.45) is -1.14. The van der Waals surface area contributed by atoms with Crippen LogP contribution in [0.25, 0.3) is 0 Å². The van der Waals surface area contributed by atoms with Crippen molar-refractivity contribution in [2.45, 2.75) is 40.0 Å². The molecule has 2 atom stereocenters. The Bertz CT molecular complexity index is 413. The van der Waals surface area contributed by atoms with Crippen LogP contribution in [0.2, 0.25) is 0 Å². The molecule has 0 aliphatic rings. The van der Waals surface area contributed by atoms with E-state index >= 15 is 0 Å². The van der Waals surface area contributed by atoms with Crippen molar-refractivity contribution in [3.63, 3.8) is 0 Å². The predicted molar refractivity (Wildman–Crippen MR) is 72.1 cm³/mol. The molecule has 2 unspecified atom stereocenters. The Kier molecular flexibility index (Phi) is 6.25. The Morgan fingerprint density at radius 2 is 1.84 bits per heavy atom. The van der Waals surface area contributed by atoms with Gasteiger partial charge in [-0.25, -0.2) is 4.79 Å². The fourth-order valence-electron chi connectivity index (χ4n) is 1.38. The van der Waals surface area contributed by atoms with Crippen molar-refractivity contribution < 1.29 is 19.0 Å². The summed E-state index contributed by atoms with van der Waals surface area (Å²) in [5.41, 5.74) is 1.40. The molecule has 0 spiro atoms. The van der Waals surface area contributed by atoms with Crippen LogP contribution in [0.5, 0.6) is 0 Å². The highest BCUT2D eigenvalue weighted by Crippen LogP contribution is 2.07. The molecule has 1 aromatic carbocycles. The minimum absolute atomic E-state index is 0.341. The molecule has 104 valence electrons. The molecular weight excluding hydrogens is 244 g/mol. The van der Waals surface area contributed by atoms with Crippen molar-refractivity contribution >= 4 is 5.97 Å². The van der Waals surface area contributed by atoms with E-state index in [4.69, 9.17) is 14.2 Å². The molecule has 0 amide bonds. The van der Waals surface area contributed by atoms with Crippen LogP contribution in [0.3, 0.4) is 0 Å². The summed E-state index contributed by atoms with van der Waals surface area (Å²) in [5, 5.41) is 0. The molecule has 0 N–H and O–H groups in total. The molecule has 0 fully saturated rings. The van der Waals surface area contributed by atoms with Gasteiger partial charge in [0.25, 0.3) is 0 Å². The van der Waals surface area contributed by atoms with Crippen LogP contribution in [-0.4, -0.2) is 18.5 Å². The van der Waals surface area contributed by atoms with E-state index in [1.165, 1.54) is 0 Å². The number of carbonyl (C=O) groups is 1. The van der Waals surface area contributed by atoms with Gasteiger partial charge in [-0.05, 0) is 26.3 Å². The molecule has 0 aromatic heterocycles. The predicted octanol–water partition coefficient (Wildman–Crippen LogP) is 3.03. The Hall–Kier alpha value is -1.65. The summed E-state index contributed by atoms with van der Waals surface area (Å²) in [7, 11) is 0. The van der Waals surface area contributed by atoms with Gasteiger partial charge in [-0.3, -0.25) is 0 Å². The molecule has 0 saturated heterocycles.